The molecule has 34 heavy (non-hydrogen) atoms. The van der Waals surface area contributed by atoms with Gasteiger partial charge in [0.2, 0.25) is 0 Å². The van der Waals surface area contributed by atoms with Crippen LogP contribution in [0.15, 0.2) is 121 Å². The van der Waals surface area contributed by atoms with Crippen molar-refractivity contribution in [2.24, 2.45) is 0 Å². The van der Waals surface area contributed by atoms with Crippen LogP contribution in [0.25, 0.3) is 65.7 Å². The lowest BCUT2D eigenvalue weighted by atomic mass is 9.89. The van der Waals surface area contributed by atoms with E-state index in [0.29, 0.717) is 0 Å². The molecule has 2 nitrogen and oxygen atoms in total. The predicted octanol–water partition coefficient (Wildman–Crippen LogP) is 8.42. The number of hydrogen-bond acceptors (Lipinski definition) is 2. The summed E-state index contributed by atoms with van der Waals surface area (Å²) in [7, 11) is 0. The number of para-hydroxylation sites is 2. The Bertz CT molecular complexity index is 1790. The van der Waals surface area contributed by atoms with Gasteiger partial charge in [-0.3, -0.25) is 4.98 Å². The van der Waals surface area contributed by atoms with Gasteiger partial charge in [0.25, 0.3) is 0 Å². The standard InChI is InChI=1S/C32H20N2/c1-3-11-21(12-4-1)25-19-26-30(31-23-15-7-9-17-28(23)33-20-27(25)31)24-16-8-10-18-29(24)34-32(26)22-13-5-2-6-14-22/h1-20H. The van der Waals surface area contributed by atoms with Crippen molar-refractivity contribution in [2.45, 2.75) is 0 Å². The maximum absolute atomic E-state index is 5.18. The first-order valence-electron chi connectivity index (χ1n) is 11.5. The summed E-state index contributed by atoms with van der Waals surface area (Å²) in [6.45, 7) is 0. The van der Waals surface area contributed by atoms with E-state index in [4.69, 9.17) is 9.97 Å². The van der Waals surface area contributed by atoms with Gasteiger partial charge in [-0.15, -0.1) is 0 Å². The van der Waals surface area contributed by atoms with Crippen LogP contribution < -0.4 is 0 Å². The second-order valence-corrected chi connectivity index (χ2v) is 8.62. The van der Waals surface area contributed by atoms with Gasteiger partial charge in [0.05, 0.1) is 16.7 Å². The van der Waals surface area contributed by atoms with Gasteiger partial charge in [0.1, 0.15) is 0 Å². The SMILES string of the molecule is c1ccc(-c2cc3c(-c4ccccc4)nc4ccccc4c3c3c2cnc2ccccc23)cc1. The molecule has 0 atom stereocenters. The Morgan fingerprint density at radius 3 is 1.74 bits per heavy atom. The van der Waals surface area contributed by atoms with Crippen molar-refractivity contribution in [3.8, 4) is 22.4 Å². The number of pyridine rings is 2. The molecular formula is C32H20N2. The van der Waals surface area contributed by atoms with Crippen LogP contribution in [0.2, 0.25) is 0 Å². The molecule has 0 radical (unpaired) electrons. The summed E-state index contributed by atoms with van der Waals surface area (Å²) in [5, 5.41) is 7.12. The first-order chi connectivity index (χ1) is 16.9. The van der Waals surface area contributed by atoms with Crippen LogP contribution in [0.1, 0.15) is 0 Å². The van der Waals surface area contributed by atoms with Crippen LogP contribution in [0, 0.1) is 0 Å². The molecule has 158 valence electrons. The zero-order valence-corrected chi connectivity index (χ0v) is 18.4. The minimum absolute atomic E-state index is 1.00. The molecule has 0 saturated carbocycles. The molecule has 0 aliphatic heterocycles. The summed E-state index contributed by atoms with van der Waals surface area (Å²) >= 11 is 0. The van der Waals surface area contributed by atoms with Crippen molar-refractivity contribution in [3.63, 3.8) is 0 Å². The first-order valence-corrected chi connectivity index (χ1v) is 11.5. The highest BCUT2D eigenvalue weighted by atomic mass is 14.7. The number of rotatable bonds is 2. The Balaban J connectivity index is 1.80. The van der Waals surface area contributed by atoms with Crippen LogP contribution in [0.4, 0.5) is 0 Å². The molecule has 0 fully saturated rings. The number of nitrogens with zero attached hydrogens (tertiary/aromatic N) is 2. The summed E-state index contributed by atoms with van der Waals surface area (Å²) in [5.41, 5.74) is 6.49. The molecule has 0 N–H and O–H groups in total. The van der Waals surface area contributed by atoms with E-state index < -0.39 is 0 Å². The molecule has 0 amide bonds. The second kappa shape index (κ2) is 7.50. The molecule has 0 unspecified atom stereocenters. The predicted molar refractivity (Wildman–Crippen MR) is 143 cm³/mol. The lowest BCUT2D eigenvalue weighted by Crippen LogP contribution is -1.94. The molecule has 0 aliphatic rings. The van der Waals surface area contributed by atoms with Crippen LogP contribution in [0.5, 0.6) is 0 Å². The third kappa shape index (κ3) is 2.82. The minimum Gasteiger partial charge on any atom is -0.256 e. The van der Waals surface area contributed by atoms with Crippen LogP contribution in [0.3, 0.4) is 0 Å². The molecule has 2 heterocycles. The van der Waals surface area contributed by atoms with E-state index >= 15 is 0 Å². The highest BCUT2D eigenvalue weighted by Crippen LogP contribution is 2.43. The van der Waals surface area contributed by atoms with Gasteiger partial charge in [-0.25, -0.2) is 4.98 Å². The van der Waals surface area contributed by atoms with Crippen molar-refractivity contribution in [1.29, 1.82) is 0 Å². The van der Waals surface area contributed by atoms with Gasteiger partial charge >= 0.3 is 0 Å². The van der Waals surface area contributed by atoms with Gasteiger partial charge in [-0.05, 0) is 29.3 Å². The summed E-state index contributed by atoms with van der Waals surface area (Å²) in [4.78, 5) is 10.0. The molecule has 7 aromatic rings. The lowest BCUT2D eigenvalue weighted by molar-refractivity contribution is 1.42. The van der Waals surface area contributed by atoms with Gasteiger partial charge in [0.15, 0.2) is 0 Å². The number of aromatic nitrogens is 2. The van der Waals surface area contributed by atoms with Crippen molar-refractivity contribution >= 4 is 43.4 Å². The molecular weight excluding hydrogens is 412 g/mol. The van der Waals surface area contributed by atoms with Crippen molar-refractivity contribution in [2.75, 3.05) is 0 Å². The molecule has 5 aromatic carbocycles. The molecule has 0 spiro atoms. The van der Waals surface area contributed by atoms with E-state index in [-0.39, 0.29) is 0 Å². The van der Waals surface area contributed by atoms with Crippen LogP contribution in [-0.2, 0) is 0 Å². The quantitative estimate of drug-likeness (QED) is 0.256. The average molecular weight is 433 g/mol. The highest BCUT2D eigenvalue weighted by molar-refractivity contribution is 6.30. The zero-order chi connectivity index (χ0) is 22.5. The van der Waals surface area contributed by atoms with Crippen LogP contribution in [-0.4, -0.2) is 9.97 Å². The molecule has 0 saturated heterocycles. The Kier molecular flexibility index (Phi) is 4.18. The van der Waals surface area contributed by atoms with Crippen molar-refractivity contribution in [1.82, 2.24) is 9.97 Å². The third-order valence-corrected chi connectivity index (χ3v) is 6.67. The third-order valence-electron chi connectivity index (χ3n) is 6.67. The first kappa shape index (κ1) is 19.0. The molecule has 0 bridgehead atoms. The topological polar surface area (TPSA) is 25.8 Å². The monoisotopic (exact) mass is 432 g/mol. The van der Waals surface area contributed by atoms with Gasteiger partial charge in [-0.1, -0.05) is 97.1 Å². The Morgan fingerprint density at radius 2 is 1.00 bits per heavy atom. The molecule has 2 aromatic heterocycles. The smallest absolute Gasteiger partial charge is 0.0788 e. The fourth-order valence-corrected chi connectivity index (χ4v) is 5.15. The van der Waals surface area contributed by atoms with Crippen LogP contribution >= 0.6 is 0 Å². The minimum atomic E-state index is 1.00. The molecule has 2 heteroatoms. The van der Waals surface area contributed by atoms with E-state index in [1.807, 2.05) is 6.20 Å². The van der Waals surface area contributed by atoms with E-state index in [2.05, 4.69) is 115 Å². The van der Waals surface area contributed by atoms with Gasteiger partial charge in [0, 0.05) is 44.1 Å². The van der Waals surface area contributed by atoms with Gasteiger partial charge in [-0.2, -0.15) is 0 Å². The average Bonchev–Trinajstić information content (AvgIpc) is 2.92. The van der Waals surface area contributed by atoms with Crippen molar-refractivity contribution < 1.29 is 0 Å². The van der Waals surface area contributed by atoms with Crippen molar-refractivity contribution in [3.05, 3.63) is 121 Å². The fourth-order valence-electron chi connectivity index (χ4n) is 5.15. The number of hydrogen-bond donors (Lipinski definition) is 0. The normalized spacial score (nSPS) is 11.5. The Hall–Kier alpha value is -4.56. The fraction of sp³-hybridized carbons (Fsp3) is 0. The largest absolute Gasteiger partial charge is 0.256 e. The van der Waals surface area contributed by atoms with E-state index in [9.17, 15) is 0 Å². The van der Waals surface area contributed by atoms with E-state index in [0.717, 1.165) is 43.8 Å². The Morgan fingerprint density at radius 1 is 0.441 bits per heavy atom. The summed E-state index contributed by atoms with van der Waals surface area (Å²) in [5.74, 6) is 0. The maximum Gasteiger partial charge on any atom is 0.0788 e. The second-order valence-electron chi connectivity index (χ2n) is 8.62. The summed E-state index contributed by atoms with van der Waals surface area (Å²) < 4.78 is 0. The van der Waals surface area contributed by atoms with E-state index in [1.54, 1.807) is 0 Å². The highest BCUT2D eigenvalue weighted by Gasteiger charge is 2.18. The summed E-state index contributed by atoms with van der Waals surface area (Å²) in [6, 6.07) is 40.3. The lowest BCUT2D eigenvalue weighted by Gasteiger charge is -2.17. The van der Waals surface area contributed by atoms with E-state index in [1.165, 1.54) is 21.9 Å². The zero-order valence-electron chi connectivity index (χ0n) is 18.4. The molecule has 0 aliphatic carbocycles. The van der Waals surface area contributed by atoms with Gasteiger partial charge < -0.3 is 0 Å². The number of benzene rings is 5. The molecule has 7 rings (SSSR count). The Labute approximate surface area is 197 Å². The summed E-state index contributed by atoms with van der Waals surface area (Å²) in [6.07, 6.45) is 2.04. The number of fused-ring (bicyclic) bond motifs is 7. The maximum atomic E-state index is 5.18.